The van der Waals surface area contributed by atoms with Gasteiger partial charge in [-0.25, -0.2) is 0 Å². The van der Waals surface area contributed by atoms with E-state index in [0.717, 1.165) is 28.2 Å². The second kappa shape index (κ2) is 4.23. The number of nitrogens with one attached hydrogen (secondary N) is 2. The molecule has 0 aliphatic carbocycles. The van der Waals surface area contributed by atoms with Gasteiger partial charge in [0.05, 0.1) is 14.2 Å². The monoisotopic (exact) mass is 288 g/mol. The van der Waals surface area contributed by atoms with Crippen LogP contribution in [0, 0.1) is 0 Å². The predicted molar refractivity (Wildman–Crippen MR) is 65.4 cm³/mol. The highest BCUT2D eigenvalue weighted by molar-refractivity contribution is 9.11. The highest BCUT2D eigenvalue weighted by atomic mass is 79.9. The fourth-order valence-corrected chi connectivity index (χ4v) is 2.98. The van der Waals surface area contributed by atoms with Crippen LogP contribution in [0.15, 0.2) is 15.9 Å². The SMILES string of the molecule is CC1(NC(=O)c2ccc(Br)s2)CCNC1. The molecule has 1 aliphatic rings. The molecule has 2 rings (SSSR count). The summed E-state index contributed by atoms with van der Waals surface area (Å²) in [5.74, 6) is 0.0249. The molecule has 1 aromatic heterocycles. The molecule has 1 saturated heterocycles. The molecule has 1 fully saturated rings. The molecule has 0 bridgehead atoms. The molecule has 1 amide bonds. The quantitative estimate of drug-likeness (QED) is 0.874. The van der Waals surface area contributed by atoms with Gasteiger partial charge in [-0.1, -0.05) is 0 Å². The average Bonchev–Trinajstić information content (AvgIpc) is 2.75. The molecule has 1 aliphatic heterocycles. The van der Waals surface area contributed by atoms with E-state index >= 15 is 0 Å². The molecule has 2 N–H and O–H groups in total. The molecule has 0 aromatic carbocycles. The number of thiophene rings is 1. The minimum atomic E-state index is -0.0897. The number of carbonyl (C=O) groups excluding carboxylic acids is 1. The van der Waals surface area contributed by atoms with Gasteiger partial charge in [0, 0.05) is 6.54 Å². The molecule has 3 nitrogen and oxygen atoms in total. The van der Waals surface area contributed by atoms with Crippen molar-refractivity contribution in [1.29, 1.82) is 0 Å². The van der Waals surface area contributed by atoms with Crippen molar-refractivity contribution in [3.05, 3.63) is 20.8 Å². The van der Waals surface area contributed by atoms with Crippen molar-refractivity contribution in [1.82, 2.24) is 10.6 Å². The van der Waals surface area contributed by atoms with E-state index in [2.05, 4.69) is 33.5 Å². The van der Waals surface area contributed by atoms with Gasteiger partial charge in [0.2, 0.25) is 0 Å². The Kier molecular flexibility index (Phi) is 3.13. The number of amides is 1. The summed E-state index contributed by atoms with van der Waals surface area (Å²) in [5, 5.41) is 6.33. The predicted octanol–water partition coefficient (Wildman–Crippen LogP) is 1.99. The molecular weight excluding hydrogens is 276 g/mol. The molecule has 82 valence electrons. The minimum Gasteiger partial charge on any atom is -0.345 e. The summed E-state index contributed by atoms with van der Waals surface area (Å²) in [7, 11) is 0. The van der Waals surface area contributed by atoms with Crippen LogP contribution >= 0.6 is 27.3 Å². The van der Waals surface area contributed by atoms with Crippen LogP contribution in [0.4, 0.5) is 0 Å². The van der Waals surface area contributed by atoms with E-state index < -0.39 is 0 Å². The highest BCUT2D eigenvalue weighted by Gasteiger charge is 2.30. The number of hydrogen-bond acceptors (Lipinski definition) is 3. The van der Waals surface area contributed by atoms with Gasteiger partial charge in [0.25, 0.3) is 5.91 Å². The second-order valence-electron chi connectivity index (χ2n) is 4.05. The molecular formula is C10H13BrN2OS. The molecule has 1 atom stereocenters. The van der Waals surface area contributed by atoms with Gasteiger partial charge in [-0.3, -0.25) is 4.79 Å². The van der Waals surface area contributed by atoms with E-state index in [9.17, 15) is 4.79 Å². The van der Waals surface area contributed by atoms with E-state index in [1.165, 1.54) is 11.3 Å². The lowest BCUT2D eigenvalue weighted by atomic mass is 10.0. The molecule has 0 saturated carbocycles. The Hall–Kier alpha value is -0.390. The lowest BCUT2D eigenvalue weighted by Crippen LogP contribution is -2.47. The standard InChI is InChI=1S/C10H13BrN2OS/c1-10(4-5-12-6-10)13-9(14)7-2-3-8(11)15-7/h2-3,12H,4-6H2,1H3,(H,13,14). The number of halogens is 1. The van der Waals surface area contributed by atoms with Crippen molar-refractivity contribution in [2.24, 2.45) is 0 Å². The summed E-state index contributed by atoms with van der Waals surface area (Å²) in [5.41, 5.74) is -0.0897. The Labute approximate surface area is 101 Å². The van der Waals surface area contributed by atoms with Gasteiger partial charge in [0.15, 0.2) is 0 Å². The van der Waals surface area contributed by atoms with Gasteiger partial charge in [-0.05, 0) is 48.0 Å². The summed E-state index contributed by atoms with van der Waals surface area (Å²) in [6.07, 6.45) is 0.991. The van der Waals surface area contributed by atoms with Crippen LogP contribution in [-0.2, 0) is 0 Å². The first-order valence-electron chi connectivity index (χ1n) is 4.88. The van der Waals surface area contributed by atoms with Crippen LogP contribution in [0.2, 0.25) is 0 Å². The Morgan fingerprint density at radius 2 is 2.47 bits per heavy atom. The van der Waals surface area contributed by atoms with E-state index in [-0.39, 0.29) is 11.4 Å². The zero-order valence-corrected chi connectivity index (χ0v) is 10.9. The van der Waals surface area contributed by atoms with Gasteiger partial charge >= 0.3 is 0 Å². The topological polar surface area (TPSA) is 41.1 Å². The van der Waals surface area contributed by atoms with Crippen LogP contribution in [0.3, 0.4) is 0 Å². The molecule has 0 spiro atoms. The van der Waals surface area contributed by atoms with Gasteiger partial charge < -0.3 is 10.6 Å². The van der Waals surface area contributed by atoms with Gasteiger partial charge in [-0.2, -0.15) is 0 Å². The Morgan fingerprint density at radius 3 is 3.00 bits per heavy atom. The van der Waals surface area contributed by atoms with Crippen molar-refractivity contribution in [2.75, 3.05) is 13.1 Å². The Balaban J connectivity index is 2.03. The van der Waals surface area contributed by atoms with Crippen molar-refractivity contribution >= 4 is 33.2 Å². The van der Waals surface area contributed by atoms with Crippen molar-refractivity contribution < 1.29 is 4.79 Å². The van der Waals surface area contributed by atoms with Crippen LogP contribution in [0.1, 0.15) is 23.0 Å². The fraction of sp³-hybridized carbons (Fsp3) is 0.500. The molecule has 15 heavy (non-hydrogen) atoms. The van der Waals surface area contributed by atoms with Gasteiger partial charge in [-0.15, -0.1) is 11.3 Å². The largest absolute Gasteiger partial charge is 0.345 e. The lowest BCUT2D eigenvalue weighted by molar-refractivity contribution is 0.0917. The van der Waals surface area contributed by atoms with Crippen LogP contribution in [0.5, 0.6) is 0 Å². The van der Waals surface area contributed by atoms with Crippen molar-refractivity contribution in [3.63, 3.8) is 0 Å². The zero-order chi connectivity index (χ0) is 10.9. The summed E-state index contributed by atoms with van der Waals surface area (Å²) < 4.78 is 0.988. The first-order chi connectivity index (χ1) is 7.09. The Bertz CT molecular complexity index is 371. The van der Waals surface area contributed by atoms with E-state index in [1.807, 2.05) is 12.1 Å². The molecule has 1 unspecified atom stereocenters. The summed E-state index contributed by atoms with van der Waals surface area (Å²) in [6, 6.07) is 3.74. The number of carbonyl (C=O) groups is 1. The Morgan fingerprint density at radius 1 is 1.67 bits per heavy atom. The maximum absolute atomic E-state index is 11.9. The molecule has 2 heterocycles. The fourth-order valence-electron chi connectivity index (χ4n) is 1.70. The second-order valence-corrected chi connectivity index (χ2v) is 6.51. The number of rotatable bonds is 2. The third-order valence-corrected chi connectivity index (χ3v) is 4.20. The molecule has 1 aromatic rings. The van der Waals surface area contributed by atoms with Crippen molar-refractivity contribution in [2.45, 2.75) is 18.9 Å². The van der Waals surface area contributed by atoms with Crippen molar-refractivity contribution in [3.8, 4) is 0 Å². The van der Waals surface area contributed by atoms with Gasteiger partial charge in [0.1, 0.15) is 0 Å². The third-order valence-electron chi connectivity index (χ3n) is 2.58. The third kappa shape index (κ3) is 2.59. The van der Waals surface area contributed by atoms with E-state index in [4.69, 9.17) is 0 Å². The first-order valence-corrected chi connectivity index (χ1v) is 6.49. The summed E-state index contributed by atoms with van der Waals surface area (Å²) >= 11 is 4.81. The first kappa shape index (κ1) is 11.1. The highest BCUT2D eigenvalue weighted by Crippen LogP contribution is 2.23. The zero-order valence-electron chi connectivity index (χ0n) is 8.47. The maximum Gasteiger partial charge on any atom is 0.261 e. The van der Waals surface area contributed by atoms with E-state index in [1.54, 1.807) is 0 Å². The molecule has 0 radical (unpaired) electrons. The smallest absolute Gasteiger partial charge is 0.261 e. The summed E-state index contributed by atoms with van der Waals surface area (Å²) in [4.78, 5) is 12.6. The number of hydrogen-bond donors (Lipinski definition) is 2. The lowest BCUT2D eigenvalue weighted by Gasteiger charge is -2.23. The van der Waals surface area contributed by atoms with Crippen LogP contribution in [0.25, 0.3) is 0 Å². The maximum atomic E-state index is 11.9. The minimum absolute atomic E-state index is 0.0249. The van der Waals surface area contributed by atoms with E-state index in [0.29, 0.717) is 0 Å². The molecule has 5 heteroatoms. The van der Waals surface area contributed by atoms with Crippen LogP contribution < -0.4 is 10.6 Å². The average molecular weight is 289 g/mol. The summed E-state index contributed by atoms with van der Waals surface area (Å²) in [6.45, 7) is 3.91. The normalized spacial score (nSPS) is 25.5. The van der Waals surface area contributed by atoms with Crippen LogP contribution in [-0.4, -0.2) is 24.5 Å².